The molecule has 4 aromatic rings. The zero-order chi connectivity index (χ0) is 24.0. The maximum Gasteiger partial charge on any atom is 0.451 e. The maximum atomic E-state index is 14.6. The fourth-order valence-corrected chi connectivity index (χ4v) is 4.01. The summed E-state index contributed by atoms with van der Waals surface area (Å²) in [5.74, 6) is -2.56. The van der Waals surface area contributed by atoms with Crippen molar-refractivity contribution in [2.45, 2.75) is 25.8 Å². The first-order valence-electron chi connectivity index (χ1n) is 10.2. The molecule has 2 aromatic heterocycles. The summed E-state index contributed by atoms with van der Waals surface area (Å²) in [4.78, 5) is 26.3. The van der Waals surface area contributed by atoms with Gasteiger partial charge >= 0.3 is 6.18 Å². The van der Waals surface area contributed by atoms with Crippen LogP contribution in [-0.4, -0.2) is 41.9 Å². The molecule has 174 valence electrons. The van der Waals surface area contributed by atoms with Crippen molar-refractivity contribution in [2.75, 3.05) is 6.54 Å². The number of para-hydroxylation sites is 1. The molecule has 8 nitrogen and oxygen atoms in total. The van der Waals surface area contributed by atoms with E-state index in [1.165, 1.54) is 23.2 Å². The van der Waals surface area contributed by atoms with Gasteiger partial charge in [-0.25, -0.2) is 4.39 Å². The standard InChI is InChI=1S/C22H16F4N6O2/c23-16-6-5-13(11-32-17-4-2-1-3-14(17)18(33)10-27-32)9-15(16)20(34)30-7-8-31-19(12-30)28-29-21(31)22(24,25)26/h1-6,9-10H,7-8,11-12H2. The first kappa shape index (κ1) is 21.7. The number of nitrogens with zero attached hydrogens (tertiary/aromatic N) is 6. The second-order valence-electron chi connectivity index (χ2n) is 7.81. The average molecular weight is 472 g/mol. The Labute approximate surface area is 189 Å². The Balaban J connectivity index is 1.42. The average Bonchev–Trinajstić information content (AvgIpc) is 3.26. The molecule has 0 radical (unpaired) electrons. The number of carbonyl (C=O) groups is 1. The molecule has 0 saturated heterocycles. The quantitative estimate of drug-likeness (QED) is 0.428. The van der Waals surface area contributed by atoms with Gasteiger partial charge in [-0.15, -0.1) is 10.2 Å². The molecule has 0 fully saturated rings. The molecular formula is C22H16F4N6O2. The molecule has 0 bridgehead atoms. The lowest BCUT2D eigenvalue weighted by Crippen LogP contribution is -2.39. The number of amides is 1. The molecule has 0 spiro atoms. The van der Waals surface area contributed by atoms with E-state index in [0.717, 1.165) is 10.6 Å². The number of hydrogen-bond donors (Lipinski definition) is 0. The summed E-state index contributed by atoms with van der Waals surface area (Å²) in [6, 6.07) is 10.9. The van der Waals surface area contributed by atoms with Gasteiger partial charge in [0.1, 0.15) is 5.82 Å². The van der Waals surface area contributed by atoms with Crippen LogP contribution in [0.1, 0.15) is 27.6 Å². The minimum atomic E-state index is -4.65. The molecule has 12 heteroatoms. The highest BCUT2D eigenvalue weighted by Crippen LogP contribution is 2.30. The van der Waals surface area contributed by atoms with Crippen LogP contribution in [0.25, 0.3) is 10.9 Å². The van der Waals surface area contributed by atoms with E-state index in [4.69, 9.17) is 0 Å². The van der Waals surface area contributed by atoms with Gasteiger partial charge in [0.25, 0.3) is 5.91 Å². The van der Waals surface area contributed by atoms with Crippen molar-refractivity contribution < 1.29 is 22.4 Å². The summed E-state index contributed by atoms with van der Waals surface area (Å²) < 4.78 is 56.2. The van der Waals surface area contributed by atoms with Crippen LogP contribution in [-0.2, 0) is 25.8 Å². The Morgan fingerprint density at radius 3 is 2.65 bits per heavy atom. The lowest BCUT2D eigenvalue weighted by Gasteiger charge is -2.28. The number of alkyl halides is 3. The molecule has 5 rings (SSSR count). The Morgan fingerprint density at radius 2 is 1.85 bits per heavy atom. The molecule has 0 unspecified atom stereocenters. The van der Waals surface area contributed by atoms with Crippen LogP contribution in [0.5, 0.6) is 0 Å². The molecule has 0 aliphatic carbocycles. The van der Waals surface area contributed by atoms with Crippen molar-refractivity contribution in [1.82, 2.24) is 29.4 Å². The van der Waals surface area contributed by atoms with E-state index in [9.17, 15) is 27.2 Å². The summed E-state index contributed by atoms with van der Waals surface area (Å²) in [5, 5.41) is 11.4. The monoisotopic (exact) mass is 472 g/mol. The fraction of sp³-hybridized carbons (Fsp3) is 0.227. The highest BCUT2D eigenvalue weighted by molar-refractivity contribution is 5.94. The summed E-state index contributed by atoms with van der Waals surface area (Å²) in [6.07, 6.45) is -3.46. The number of aromatic nitrogens is 5. The number of rotatable bonds is 3. The topological polar surface area (TPSA) is 85.9 Å². The molecule has 1 aliphatic rings. The van der Waals surface area contributed by atoms with Crippen LogP contribution >= 0.6 is 0 Å². The predicted molar refractivity (Wildman–Crippen MR) is 111 cm³/mol. The molecule has 0 saturated carbocycles. The normalized spacial score (nSPS) is 13.8. The molecule has 0 atom stereocenters. The Bertz CT molecular complexity index is 1480. The zero-order valence-electron chi connectivity index (χ0n) is 17.5. The second-order valence-corrected chi connectivity index (χ2v) is 7.81. The fourth-order valence-electron chi connectivity index (χ4n) is 4.01. The van der Waals surface area contributed by atoms with E-state index in [-0.39, 0.29) is 43.0 Å². The highest BCUT2D eigenvalue weighted by atomic mass is 19.4. The lowest BCUT2D eigenvalue weighted by molar-refractivity contribution is -0.147. The molecule has 0 N–H and O–H groups in total. The van der Waals surface area contributed by atoms with Gasteiger partial charge < -0.3 is 9.47 Å². The minimum Gasteiger partial charge on any atom is -0.329 e. The van der Waals surface area contributed by atoms with Gasteiger partial charge in [-0.3, -0.25) is 14.3 Å². The van der Waals surface area contributed by atoms with Crippen molar-refractivity contribution in [3.8, 4) is 0 Å². The van der Waals surface area contributed by atoms with E-state index in [1.54, 1.807) is 28.9 Å². The van der Waals surface area contributed by atoms with Crippen LogP contribution in [0.4, 0.5) is 17.6 Å². The third-order valence-corrected chi connectivity index (χ3v) is 5.65. The SMILES string of the molecule is O=C(c1cc(Cn2ncc(=O)c3ccccc32)ccc1F)N1CCn2c(nnc2C(F)(F)F)C1. The van der Waals surface area contributed by atoms with E-state index in [1.807, 2.05) is 0 Å². The number of halogens is 4. The summed E-state index contributed by atoms with van der Waals surface area (Å²) in [7, 11) is 0. The smallest absolute Gasteiger partial charge is 0.329 e. The number of benzene rings is 2. The van der Waals surface area contributed by atoms with Gasteiger partial charge in [0.2, 0.25) is 11.3 Å². The van der Waals surface area contributed by atoms with Gasteiger partial charge in [-0.05, 0) is 29.8 Å². The van der Waals surface area contributed by atoms with Crippen LogP contribution in [0.2, 0.25) is 0 Å². The largest absolute Gasteiger partial charge is 0.451 e. The van der Waals surface area contributed by atoms with E-state index in [0.29, 0.717) is 16.5 Å². The highest BCUT2D eigenvalue weighted by Gasteiger charge is 2.40. The van der Waals surface area contributed by atoms with Crippen molar-refractivity contribution >= 4 is 16.8 Å². The van der Waals surface area contributed by atoms with Crippen LogP contribution in [0.15, 0.2) is 53.5 Å². The summed E-state index contributed by atoms with van der Waals surface area (Å²) in [5.41, 5.74) is 0.703. The number of carbonyl (C=O) groups excluding carboxylic acids is 1. The Morgan fingerprint density at radius 1 is 1.06 bits per heavy atom. The first-order chi connectivity index (χ1) is 16.2. The van der Waals surface area contributed by atoms with Crippen molar-refractivity contribution in [2.24, 2.45) is 0 Å². The molecule has 1 amide bonds. The van der Waals surface area contributed by atoms with Gasteiger partial charge in [0.15, 0.2) is 5.82 Å². The van der Waals surface area contributed by atoms with Crippen molar-refractivity contribution in [3.05, 3.63) is 87.5 Å². The number of hydrogen-bond acceptors (Lipinski definition) is 5. The minimum absolute atomic E-state index is 0.0209. The second kappa shape index (κ2) is 8.04. The van der Waals surface area contributed by atoms with Gasteiger partial charge in [0, 0.05) is 18.5 Å². The third kappa shape index (κ3) is 3.80. The van der Waals surface area contributed by atoms with Crippen LogP contribution in [0.3, 0.4) is 0 Å². The third-order valence-electron chi connectivity index (χ3n) is 5.65. The summed E-state index contributed by atoms with van der Waals surface area (Å²) >= 11 is 0. The van der Waals surface area contributed by atoms with Gasteiger partial charge in [0.05, 0.1) is 30.4 Å². The molecule has 3 heterocycles. The van der Waals surface area contributed by atoms with Crippen molar-refractivity contribution in [3.63, 3.8) is 0 Å². The predicted octanol–water partition coefficient (Wildman–Crippen LogP) is 2.85. The zero-order valence-corrected chi connectivity index (χ0v) is 17.5. The van der Waals surface area contributed by atoms with Crippen LogP contribution in [0, 0.1) is 5.82 Å². The maximum absolute atomic E-state index is 14.6. The lowest BCUT2D eigenvalue weighted by atomic mass is 10.1. The van der Waals surface area contributed by atoms with Crippen molar-refractivity contribution in [1.29, 1.82) is 0 Å². The van der Waals surface area contributed by atoms with Gasteiger partial charge in [-0.1, -0.05) is 18.2 Å². The van der Waals surface area contributed by atoms with Gasteiger partial charge in [-0.2, -0.15) is 18.3 Å². The molecule has 2 aromatic carbocycles. The molecule has 1 aliphatic heterocycles. The molecule has 34 heavy (non-hydrogen) atoms. The Kier molecular flexibility index (Phi) is 5.14. The van der Waals surface area contributed by atoms with E-state index in [2.05, 4.69) is 15.3 Å². The molecular weight excluding hydrogens is 456 g/mol. The Hall–Kier alpha value is -4.09. The number of fused-ring (bicyclic) bond motifs is 2. The van der Waals surface area contributed by atoms with E-state index >= 15 is 0 Å². The van der Waals surface area contributed by atoms with E-state index < -0.39 is 23.7 Å². The summed E-state index contributed by atoms with van der Waals surface area (Å²) in [6.45, 7) is -0.262. The van der Waals surface area contributed by atoms with Crippen LogP contribution < -0.4 is 5.43 Å². The first-order valence-corrected chi connectivity index (χ1v) is 10.2.